The lowest BCUT2D eigenvalue weighted by Crippen LogP contribution is -2.20. The largest absolute Gasteiger partial charge is 0.308 e. The second-order valence-corrected chi connectivity index (χ2v) is 6.98. The number of thiazole rings is 1. The van der Waals surface area contributed by atoms with Crippen LogP contribution in [0.4, 0.5) is 0 Å². The molecule has 0 spiro atoms. The van der Waals surface area contributed by atoms with Gasteiger partial charge in [0.25, 0.3) is 0 Å². The number of aromatic nitrogens is 1. The molecule has 0 aliphatic heterocycles. The van der Waals surface area contributed by atoms with Crippen molar-refractivity contribution in [1.29, 1.82) is 0 Å². The van der Waals surface area contributed by atoms with E-state index in [9.17, 15) is 0 Å². The molecule has 5 heteroatoms. The van der Waals surface area contributed by atoms with Crippen molar-refractivity contribution in [2.75, 3.05) is 6.54 Å². The van der Waals surface area contributed by atoms with Gasteiger partial charge in [-0.05, 0) is 41.4 Å². The summed E-state index contributed by atoms with van der Waals surface area (Å²) in [6, 6.07) is 4.62. The Hall–Kier alpha value is -0.230. The van der Waals surface area contributed by atoms with Gasteiger partial charge in [-0.15, -0.1) is 22.7 Å². The van der Waals surface area contributed by atoms with Gasteiger partial charge in [-0.2, -0.15) is 0 Å². The van der Waals surface area contributed by atoms with Crippen LogP contribution in [0.2, 0.25) is 0 Å². The molecule has 0 bridgehead atoms. The topological polar surface area (TPSA) is 24.9 Å². The smallest absolute Gasteiger partial charge is 0.109 e. The zero-order valence-electron chi connectivity index (χ0n) is 8.94. The average Bonchev–Trinajstić information content (AvgIpc) is 2.89. The van der Waals surface area contributed by atoms with Crippen LogP contribution < -0.4 is 5.32 Å². The molecule has 0 saturated carbocycles. The lowest BCUT2D eigenvalue weighted by Gasteiger charge is -2.09. The zero-order valence-corrected chi connectivity index (χ0v) is 12.2. The molecule has 86 valence electrons. The summed E-state index contributed by atoms with van der Waals surface area (Å²) in [5, 5.41) is 6.66. The van der Waals surface area contributed by atoms with Gasteiger partial charge in [0, 0.05) is 23.0 Å². The maximum atomic E-state index is 4.30. The van der Waals surface area contributed by atoms with Gasteiger partial charge >= 0.3 is 0 Å². The van der Waals surface area contributed by atoms with Gasteiger partial charge < -0.3 is 5.32 Å². The van der Waals surface area contributed by atoms with Gasteiger partial charge in [-0.3, -0.25) is 0 Å². The summed E-state index contributed by atoms with van der Waals surface area (Å²) in [7, 11) is 0. The maximum Gasteiger partial charge on any atom is 0.109 e. The van der Waals surface area contributed by atoms with Crippen molar-refractivity contribution in [3.8, 4) is 0 Å². The first-order chi connectivity index (χ1) is 7.75. The third-order valence-electron chi connectivity index (χ3n) is 2.27. The highest BCUT2D eigenvalue weighted by molar-refractivity contribution is 9.11. The Labute approximate surface area is 112 Å². The quantitative estimate of drug-likeness (QED) is 0.906. The van der Waals surface area contributed by atoms with E-state index in [0.29, 0.717) is 6.04 Å². The predicted molar refractivity (Wildman–Crippen MR) is 74.3 cm³/mol. The highest BCUT2D eigenvalue weighted by atomic mass is 79.9. The first kappa shape index (κ1) is 12.2. The molecule has 2 aromatic heterocycles. The third-order valence-corrected chi connectivity index (χ3v) is 4.91. The Morgan fingerprint density at radius 2 is 2.38 bits per heavy atom. The Morgan fingerprint density at radius 3 is 3.00 bits per heavy atom. The number of nitrogens with one attached hydrogen (secondary N) is 1. The predicted octanol–water partition coefficient (Wildman–Crippen LogP) is 3.86. The Bertz CT molecular complexity index is 425. The van der Waals surface area contributed by atoms with E-state index in [1.165, 1.54) is 8.66 Å². The van der Waals surface area contributed by atoms with Crippen molar-refractivity contribution in [3.63, 3.8) is 0 Å². The Kier molecular flexibility index (Phi) is 4.52. The molecule has 0 radical (unpaired) electrons. The average molecular weight is 317 g/mol. The van der Waals surface area contributed by atoms with E-state index in [1.807, 2.05) is 11.6 Å². The SMILES string of the molecule is CC(NCCc1ccc(Br)s1)c1nccs1. The molecule has 2 aromatic rings. The summed E-state index contributed by atoms with van der Waals surface area (Å²) in [5.74, 6) is 0. The molecular weight excluding hydrogens is 304 g/mol. The summed E-state index contributed by atoms with van der Waals surface area (Å²) in [5.41, 5.74) is 0. The van der Waals surface area contributed by atoms with Crippen LogP contribution in [0, 0.1) is 0 Å². The van der Waals surface area contributed by atoms with Gasteiger partial charge in [-0.25, -0.2) is 4.98 Å². The van der Waals surface area contributed by atoms with Gasteiger partial charge in [0.15, 0.2) is 0 Å². The highest BCUT2D eigenvalue weighted by Gasteiger charge is 2.06. The van der Waals surface area contributed by atoms with Crippen LogP contribution in [-0.4, -0.2) is 11.5 Å². The number of halogens is 1. The molecule has 0 aliphatic carbocycles. The van der Waals surface area contributed by atoms with Crippen molar-refractivity contribution < 1.29 is 0 Å². The van der Waals surface area contributed by atoms with Crippen LogP contribution in [0.3, 0.4) is 0 Å². The van der Waals surface area contributed by atoms with Gasteiger partial charge in [0.1, 0.15) is 5.01 Å². The lowest BCUT2D eigenvalue weighted by molar-refractivity contribution is 0.576. The molecule has 0 aromatic carbocycles. The standard InChI is InChI=1S/C11H13BrN2S2/c1-8(11-14-6-7-15-11)13-5-4-9-2-3-10(12)16-9/h2-3,6-8,13H,4-5H2,1H3. The van der Waals surface area contributed by atoms with E-state index in [2.05, 4.69) is 45.3 Å². The summed E-state index contributed by atoms with van der Waals surface area (Å²) in [4.78, 5) is 5.71. The van der Waals surface area contributed by atoms with E-state index in [-0.39, 0.29) is 0 Å². The van der Waals surface area contributed by atoms with E-state index in [4.69, 9.17) is 0 Å². The second-order valence-electron chi connectivity index (χ2n) is 3.50. The molecule has 1 N–H and O–H groups in total. The van der Waals surface area contributed by atoms with E-state index in [0.717, 1.165) is 18.0 Å². The fourth-order valence-electron chi connectivity index (χ4n) is 1.43. The van der Waals surface area contributed by atoms with Crippen molar-refractivity contribution in [2.24, 2.45) is 0 Å². The van der Waals surface area contributed by atoms with Crippen molar-refractivity contribution in [2.45, 2.75) is 19.4 Å². The number of rotatable bonds is 5. The van der Waals surface area contributed by atoms with Crippen LogP contribution in [0.25, 0.3) is 0 Å². The van der Waals surface area contributed by atoms with Crippen molar-refractivity contribution >= 4 is 38.6 Å². The van der Waals surface area contributed by atoms with Crippen molar-refractivity contribution in [3.05, 3.63) is 37.4 Å². The summed E-state index contributed by atoms with van der Waals surface area (Å²) >= 11 is 6.98. The fourth-order valence-corrected chi connectivity index (χ4v) is 3.59. The molecule has 1 unspecified atom stereocenters. The van der Waals surface area contributed by atoms with Gasteiger partial charge in [-0.1, -0.05) is 0 Å². The first-order valence-electron chi connectivity index (χ1n) is 5.12. The van der Waals surface area contributed by atoms with Crippen LogP contribution in [0.1, 0.15) is 22.9 Å². The first-order valence-corrected chi connectivity index (χ1v) is 7.61. The highest BCUT2D eigenvalue weighted by Crippen LogP contribution is 2.22. The minimum atomic E-state index is 0.350. The molecule has 0 aliphatic rings. The minimum Gasteiger partial charge on any atom is -0.308 e. The minimum absolute atomic E-state index is 0.350. The third kappa shape index (κ3) is 3.38. The number of hydrogen-bond donors (Lipinski definition) is 1. The monoisotopic (exact) mass is 316 g/mol. The van der Waals surface area contributed by atoms with E-state index >= 15 is 0 Å². The summed E-state index contributed by atoms with van der Waals surface area (Å²) < 4.78 is 1.20. The molecule has 2 rings (SSSR count). The maximum absolute atomic E-state index is 4.30. The van der Waals surface area contributed by atoms with Crippen LogP contribution >= 0.6 is 38.6 Å². The van der Waals surface area contributed by atoms with Gasteiger partial charge in [0.2, 0.25) is 0 Å². The van der Waals surface area contributed by atoms with Crippen LogP contribution in [0.15, 0.2) is 27.5 Å². The number of nitrogens with zero attached hydrogens (tertiary/aromatic N) is 1. The zero-order chi connectivity index (χ0) is 11.4. The number of thiophene rings is 1. The summed E-state index contributed by atoms with van der Waals surface area (Å²) in [6.45, 7) is 3.15. The van der Waals surface area contributed by atoms with E-state index in [1.54, 1.807) is 22.7 Å². The molecule has 0 amide bonds. The second kappa shape index (κ2) is 5.91. The molecule has 16 heavy (non-hydrogen) atoms. The van der Waals surface area contributed by atoms with Crippen LogP contribution in [0.5, 0.6) is 0 Å². The summed E-state index contributed by atoms with van der Waals surface area (Å²) in [6.07, 6.45) is 2.93. The lowest BCUT2D eigenvalue weighted by atomic mass is 10.3. The molecule has 1 atom stereocenters. The van der Waals surface area contributed by atoms with Crippen LogP contribution in [-0.2, 0) is 6.42 Å². The Morgan fingerprint density at radius 1 is 1.50 bits per heavy atom. The molecule has 2 nitrogen and oxygen atoms in total. The number of hydrogen-bond acceptors (Lipinski definition) is 4. The van der Waals surface area contributed by atoms with Gasteiger partial charge in [0.05, 0.1) is 9.83 Å². The molecule has 2 heterocycles. The Balaban J connectivity index is 1.76. The molecular formula is C11H13BrN2S2. The molecule has 0 fully saturated rings. The molecule has 0 saturated heterocycles. The normalized spacial score (nSPS) is 12.9. The fraction of sp³-hybridized carbons (Fsp3) is 0.364. The van der Waals surface area contributed by atoms with E-state index < -0.39 is 0 Å². The van der Waals surface area contributed by atoms with Crippen molar-refractivity contribution in [1.82, 2.24) is 10.3 Å².